The summed E-state index contributed by atoms with van der Waals surface area (Å²) in [6.45, 7) is 3.86. The molecule has 1 unspecified atom stereocenters. The van der Waals surface area contributed by atoms with Crippen LogP contribution in [0, 0.1) is 6.92 Å². The van der Waals surface area contributed by atoms with Crippen molar-refractivity contribution in [3.63, 3.8) is 0 Å². The Kier molecular flexibility index (Phi) is 4.52. The van der Waals surface area contributed by atoms with E-state index in [0.717, 1.165) is 5.69 Å². The van der Waals surface area contributed by atoms with Gasteiger partial charge in [-0.3, -0.25) is 4.98 Å². The Labute approximate surface area is 89.5 Å². The first-order valence-corrected chi connectivity index (χ1v) is 5.01. The average Bonchev–Trinajstić information content (AvgIpc) is 2.19. The van der Waals surface area contributed by atoms with Gasteiger partial charge in [-0.1, -0.05) is 0 Å². The van der Waals surface area contributed by atoms with Crippen LogP contribution >= 0.6 is 0 Å². The van der Waals surface area contributed by atoms with Gasteiger partial charge < -0.3 is 14.9 Å². The van der Waals surface area contributed by atoms with Gasteiger partial charge in [-0.05, 0) is 26.0 Å². The van der Waals surface area contributed by atoms with Crippen LogP contribution in [0.15, 0.2) is 12.1 Å². The number of aromatic nitrogens is 1. The number of aliphatic hydroxyl groups excluding tert-OH is 2. The maximum Gasteiger partial charge on any atom is 0.143 e. The minimum absolute atomic E-state index is 0.133. The van der Waals surface area contributed by atoms with Crippen molar-refractivity contribution < 1.29 is 14.9 Å². The van der Waals surface area contributed by atoms with Crippen LogP contribution in [-0.4, -0.2) is 27.9 Å². The van der Waals surface area contributed by atoms with E-state index in [-0.39, 0.29) is 12.7 Å². The minimum Gasteiger partial charge on any atom is -0.491 e. The molecule has 0 spiro atoms. The molecule has 1 aromatic rings. The van der Waals surface area contributed by atoms with Crippen LogP contribution in [0.3, 0.4) is 0 Å². The second-order valence-corrected chi connectivity index (χ2v) is 3.54. The highest BCUT2D eigenvalue weighted by Gasteiger charge is 2.05. The lowest BCUT2D eigenvalue weighted by Crippen LogP contribution is -2.09. The largest absolute Gasteiger partial charge is 0.491 e. The Morgan fingerprint density at radius 1 is 1.47 bits per heavy atom. The second-order valence-electron chi connectivity index (χ2n) is 3.54. The molecule has 0 aromatic carbocycles. The van der Waals surface area contributed by atoms with Gasteiger partial charge in [-0.2, -0.15) is 0 Å². The summed E-state index contributed by atoms with van der Waals surface area (Å²) in [5.74, 6) is 0.587. The van der Waals surface area contributed by atoms with Gasteiger partial charge in [0.25, 0.3) is 0 Å². The fourth-order valence-electron chi connectivity index (χ4n) is 1.18. The number of hydrogen-bond donors (Lipinski definition) is 2. The number of ether oxygens (including phenoxy) is 1. The fraction of sp³-hybridized carbons (Fsp3) is 0.545. The molecule has 0 saturated heterocycles. The highest BCUT2D eigenvalue weighted by Crippen LogP contribution is 2.17. The number of aryl methyl sites for hydroxylation is 1. The van der Waals surface area contributed by atoms with Gasteiger partial charge in [0, 0.05) is 12.1 Å². The molecule has 4 nitrogen and oxygen atoms in total. The van der Waals surface area contributed by atoms with E-state index in [0.29, 0.717) is 24.5 Å². The standard InChI is InChI=1S/C11H17NO3/c1-8-3-4-11(10(7-13)12-8)15-6-5-9(2)14/h3-4,9,13-14H,5-7H2,1-2H3. The summed E-state index contributed by atoms with van der Waals surface area (Å²) in [4.78, 5) is 4.15. The lowest BCUT2D eigenvalue weighted by molar-refractivity contribution is 0.154. The number of aliphatic hydroxyl groups is 2. The first kappa shape index (κ1) is 11.9. The highest BCUT2D eigenvalue weighted by atomic mass is 16.5. The van der Waals surface area contributed by atoms with Gasteiger partial charge in [0.15, 0.2) is 0 Å². The quantitative estimate of drug-likeness (QED) is 0.763. The van der Waals surface area contributed by atoms with E-state index < -0.39 is 0 Å². The van der Waals surface area contributed by atoms with Gasteiger partial charge >= 0.3 is 0 Å². The average molecular weight is 211 g/mol. The van der Waals surface area contributed by atoms with Crippen LogP contribution in [0.2, 0.25) is 0 Å². The molecule has 0 aliphatic heterocycles. The molecule has 0 radical (unpaired) electrons. The third-order valence-electron chi connectivity index (χ3n) is 2.01. The number of nitrogens with zero attached hydrogens (tertiary/aromatic N) is 1. The second kappa shape index (κ2) is 5.68. The Morgan fingerprint density at radius 2 is 2.20 bits per heavy atom. The summed E-state index contributed by atoms with van der Waals surface area (Å²) in [7, 11) is 0. The van der Waals surface area contributed by atoms with E-state index in [4.69, 9.17) is 14.9 Å². The van der Waals surface area contributed by atoms with Crippen molar-refractivity contribution in [2.24, 2.45) is 0 Å². The first-order valence-electron chi connectivity index (χ1n) is 5.01. The summed E-state index contributed by atoms with van der Waals surface area (Å²) in [6, 6.07) is 3.62. The van der Waals surface area contributed by atoms with E-state index in [1.807, 2.05) is 13.0 Å². The van der Waals surface area contributed by atoms with Crippen LogP contribution in [0.5, 0.6) is 5.75 Å². The summed E-state index contributed by atoms with van der Waals surface area (Å²) in [5.41, 5.74) is 1.39. The van der Waals surface area contributed by atoms with Crippen LogP contribution in [0.1, 0.15) is 24.7 Å². The molecule has 84 valence electrons. The molecule has 0 aliphatic carbocycles. The Hall–Kier alpha value is -1.13. The van der Waals surface area contributed by atoms with Gasteiger partial charge in [0.05, 0.1) is 19.3 Å². The van der Waals surface area contributed by atoms with Crippen LogP contribution < -0.4 is 4.74 Å². The summed E-state index contributed by atoms with van der Waals surface area (Å²) in [6.07, 6.45) is 0.194. The van der Waals surface area contributed by atoms with Crippen molar-refractivity contribution in [2.75, 3.05) is 6.61 Å². The predicted octanol–water partition coefficient (Wildman–Crippen LogP) is 1.03. The minimum atomic E-state index is -0.374. The summed E-state index contributed by atoms with van der Waals surface area (Å²) in [5, 5.41) is 18.1. The maximum atomic E-state index is 9.06. The van der Waals surface area contributed by atoms with Crippen molar-refractivity contribution >= 4 is 0 Å². The van der Waals surface area contributed by atoms with Crippen molar-refractivity contribution in [3.8, 4) is 5.75 Å². The van der Waals surface area contributed by atoms with Crippen LogP contribution in [-0.2, 0) is 6.61 Å². The van der Waals surface area contributed by atoms with E-state index >= 15 is 0 Å². The summed E-state index contributed by atoms with van der Waals surface area (Å²) >= 11 is 0. The van der Waals surface area contributed by atoms with Crippen molar-refractivity contribution in [3.05, 3.63) is 23.5 Å². The zero-order chi connectivity index (χ0) is 11.3. The van der Waals surface area contributed by atoms with Gasteiger partial charge in [-0.15, -0.1) is 0 Å². The topological polar surface area (TPSA) is 62.6 Å². The van der Waals surface area contributed by atoms with Crippen LogP contribution in [0.25, 0.3) is 0 Å². The molecule has 15 heavy (non-hydrogen) atoms. The Balaban J connectivity index is 2.60. The number of pyridine rings is 1. The van der Waals surface area contributed by atoms with Crippen molar-refractivity contribution in [2.45, 2.75) is 33.0 Å². The molecule has 0 amide bonds. The van der Waals surface area contributed by atoms with Gasteiger partial charge in [0.2, 0.25) is 0 Å². The molecular formula is C11H17NO3. The molecule has 0 saturated carbocycles. The molecule has 1 heterocycles. The van der Waals surface area contributed by atoms with E-state index in [1.165, 1.54) is 0 Å². The molecule has 4 heteroatoms. The molecular weight excluding hydrogens is 194 g/mol. The predicted molar refractivity (Wildman–Crippen MR) is 56.7 cm³/mol. The maximum absolute atomic E-state index is 9.06. The smallest absolute Gasteiger partial charge is 0.143 e. The van der Waals surface area contributed by atoms with Gasteiger partial charge in [0.1, 0.15) is 11.4 Å². The van der Waals surface area contributed by atoms with Crippen molar-refractivity contribution in [1.29, 1.82) is 0 Å². The fourth-order valence-corrected chi connectivity index (χ4v) is 1.18. The van der Waals surface area contributed by atoms with Crippen molar-refractivity contribution in [1.82, 2.24) is 4.98 Å². The number of hydrogen-bond acceptors (Lipinski definition) is 4. The van der Waals surface area contributed by atoms with Crippen LogP contribution in [0.4, 0.5) is 0 Å². The Bertz CT molecular complexity index is 313. The summed E-state index contributed by atoms with van der Waals surface area (Å²) < 4.78 is 5.41. The third kappa shape index (κ3) is 3.85. The molecule has 1 atom stereocenters. The molecule has 1 aromatic heterocycles. The molecule has 0 aliphatic rings. The molecule has 0 bridgehead atoms. The number of rotatable bonds is 5. The van der Waals surface area contributed by atoms with E-state index in [2.05, 4.69) is 4.98 Å². The SMILES string of the molecule is Cc1ccc(OCCC(C)O)c(CO)n1. The van der Waals surface area contributed by atoms with Gasteiger partial charge in [-0.25, -0.2) is 0 Å². The highest BCUT2D eigenvalue weighted by molar-refractivity contribution is 5.28. The lowest BCUT2D eigenvalue weighted by atomic mass is 10.3. The monoisotopic (exact) mass is 211 g/mol. The molecule has 0 fully saturated rings. The zero-order valence-electron chi connectivity index (χ0n) is 9.10. The molecule has 1 rings (SSSR count). The normalized spacial score (nSPS) is 12.5. The third-order valence-corrected chi connectivity index (χ3v) is 2.01. The Morgan fingerprint density at radius 3 is 2.80 bits per heavy atom. The molecule has 2 N–H and O–H groups in total. The zero-order valence-corrected chi connectivity index (χ0v) is 9.10. The van der Waals surface area contributed by atoms with E-state index in [9.17, 15) is 0 Å². The van der Waals surface area contributed by atoms with E-state index in [1.54, 1.807) is 13.0 Å². The first-order chi connectivity index (χ1) is 7.13. The lowest BCUT2D eigenvalue weighted by Gasteiger charge is -2.10.